The zero-order chi connectivity index (χ0) is 20.2. The summed E-state index contributed by atoms with van der Waals surface area (Å²) in [5.74, 6) is 2.09. The molecule has 1 saturated heterocycles. The number of aromatic nitrogens is 3. The fourth-order valence-corrected chi connectivity index (χ4v) is 4.30. The molecule has 1 aromatic heterocycles. The van der Waals surface area contributed by atoms with Gasteiger partial charge in [-0.3, -0.25) is 9.59 Å². The van der Waals surface area contributed by atoms with E-state index in [1.54, 1.807) is 12.1 Å². The van der Waals surface area contributed by atoms with Gasteiger partial charge in [-0.05, 0) is 44.7 Å². The Hall–Kier alpha value is -2.70. The quantitative estimate of drug-likeness (QED) is 0.862. The van der Waals surface area contributed by atoms with Crippen LogP contribution in [0.3, 0.4) is 0 Å². The van der Waals surface area contributed by atoms with Gasteiger partial charge >= 0.3 is 0 Å². The number of aryl methyl sites for hydroxylation is 2. The topological polar surface area (TPSA) is 80.1 Å². The first kappa shape index (κ1) is 19.6. The molecule has 2 amide bonds. The number of hydrogen-bond donors (Lipinski definition) is 1. The lowest BCUT2D eigenvalue weighted by Gasteiger charge is -2.32. The maximum atomic E-state index is 12.7. The number of piperidine rings is 1. The fourth-order valence-electron chi connectivity index (χ4n) is 4.30. The van der Waals surface area contributed by atoms with Crippen molar-refractivity contribution in [3.63, 3.8) is 0 Å². The Bertz CT molecular complexity index is 874. The lowest BCUT2D eigenvalue weighted by Crippen LogP contribution is -2.45. The van der Waals surface area contributed by atoms with E-state index in [1.807, 2.05) is 24.0 Å². The van der Waals surface area contributed by atoms with Crippen LogP contribution >= 0.6 is 0 Å². The first-order chi connectivity index (χ1) is 14.1. The van der Waals surface area contributed by atoms with Gasteiger partial charge in [-0.25, -0.2) is 0 Å². The van der Waals surface area contributed by atoms with Crippen LogP contribution in [-0.4, -0.2) is 51.1 Å². The minimum absolute atomic E-state index is 0.0252. The molecule has 0 radical (unpaired) electrons. The monoisotopic (exact) mass is 395 g/mol. The van der Waals surface area contributed by atoms with Crippen molar-refractivity contribution < 1.29 is 9.59 Å². The molecule has 1 N–H and O–H groups in total. The number of fused-ring (bicyclic) bond motifs is 1. The number of carbonyl (C=O) groups excluding carboxylic acids is 2. The van der Waals surface area contributed by atoms with Crippen molar-refractivity contribution >= 4 is 11.8 Å². The van der Waals surface area contributed by atoms with Gasteiger partial charge in [-0.15, -0.1) is 10.2 Å². The number of likely N-dealkylation sites (tertiary alicyclic amines) is 1. The highest BCUT2D eigenvalue weighted by Gasteiger charge is 2.29. The van der Waals surface area contributed by atoms with Crippen LogP contribution in [0.2, 0.25) is 0 Å². The van der Waals surface area contributed by atoms with Crippen LogP contribution in [0.1, 0.15) is 65.6 Å². The largest absolute Gasteiger partial charge is 0.343 e. The summed E-state index contributed by atoms with van der Waals surface area (Å²) in [6.45, 7) is 4.37. The van der Waals surface area contributed by atoms with Crippen LogP contribution in [0.25, 0.3) is 0 Å². The van der Waals surface area contributed by atoms with E-state index in [0.29, 0.717) is 12.1 Å². The molecule has 3 heterocycles. The molecular formula is C22H29N5O2. The third-order valence-corrected chi connectivity index (χ3v) is 5.99. The molecule has 0 saturated carbocycles. The van der Waals surface area contributed by atoms with E-state index in [4.69, 9.17) is 0 Å². The van der Waals surface area contributed by atoms with E-state index in [0.717, 1.165) is 49.6 Å². The summed E-state index contributed by atoms with van der Waals surface area (Å²) in [6, 6.07) is 7.35. The van der Waals surface area contributed by atoms with Crippen LogP contribution in [-0.2, 0) is 17.8 Å². The van der Waals surface area contributed by atoms with E-state index in [-0.39, 0.29) is 24.3 Å². The molecule has 0 aliphatic carbocycles. The molecule has 0 bridgehead atoms. The maximum absolute atomic E-state index is 12.7. The second-order valence-electron chi connectivity index (χ2n) is 8.16. The van der Waals surface area contributed by atoms with E-state index >= 15 is 0 Å². The van der Waals surface area contributed by atoms with Gasteiger partial charge in [-0.1, -0.05) is 24.1 Å². The van der Waals surface area contributed by atoms with Gasteiger partial charge in [0.25, 0.3) is 5.91 Å². The first-order valence-corrected chi connectivity index (χ1v) is 10.7. The number of benzene rings is 1. The summed E-state index contributed by atoms with van der Waals surface area (Å²) in [5.41, 5.74) is 1.68. The van der Waals surface area contributed by atoms with Crippen LogP contribution in [0, 0.1) is 6.92 Å². The Morgan fingerprint density at radius 2 is 1.90 bits per heavy atom. The molecule has 4 rings (SSSR count). The average molecular weight is 396 g/mol. The summed E-state index contributed by atoms with van der Waals surface area (Å²) >= 11 is 0. The molecule has 0 spiro atoms. The number of nitrogens with zero attached hydrogens (tertiary/aromatic N) is 4. The van der Waals surface area contributed by atoms with E-state index in [2.05, 4.69) is 20.1 Å². The van der Waals surface area contributed by atoms with Crippen molar-refractivity contribution in [2.75, 3.05) is 19.6 Å². The predicted octanol–water partition coefficient (Wildman–Crippen LogP) is 2.45. The number of rotatable bonds is 4. The van der Waals surface area contributed by atoms with Gasteiger partial charge in [0.15, 0.2) is 0 Å². The number of hydrogen-bond acceptors (Lipinski definition) is 4. The number of nitrogens with one attached hydrogen (secondary N) is 1. The van der Waals surface area contributed by atoms with Crippen molar-refractivity contribution in [3.05, 3.63) is 47.0 Å². The Labute approximate surface area is 171 Å². The van der Waals surface area contributed by atoms with Gasteiger partial charge in [0.2, 0.25) is 5.91 Å². The highest BCUT2D eigenvalue weighted by Crippen LogP contribution is 2.28. The Morgan fingerprint density at radius 3 is 2.72 bits per heavy atom. The molecule has 7 heteroatoms. The lowest BCUT2D eigenvalue weighted by molar-refractivity contribution is -0.131. The smallest absolute Gasteiger partial charge is 0.251 e. The van der Waals surface area contributed by atoms with Crippen molar-refractivity contribution in [1.29, 1.82) is 0 Å². The summed E-state index contributed by atoms with van der Waals surface area (Å²) in [4.78, 5) is 26.9. The highest BCUT2D eigenvalue weighted by molar-refractivity contribution is 5.96. The van der Waals surface area contributed by atoms with Crippen molar-refractivity contribution in [2.24, 2.45) is 0 Å². The summed E-state index contributed by atoms with van der Waals surface area (Å²) in [7, 11) is 0. The number of carbonyl (C=O) groups is 2. The molecule has 0 unspecified atom stereocenters. The molecule has 2 aliphatic rings. The standard InChI is InChI=1S/C22H29N5O2/c1-16-8-10-17(11-9-16)22(29)23-14-20(28)26-12-5-6-18(15-26)21-25-24-19-7-3-2-4-13-27(19)21/h8-11,18H,2-7,12-15H2,1H3,(H,23,29)/t18-/m1/s1. The summed E-state index contributed by atoms with van der Waals surface area (Å²) in [6.07, 6.45) is 6.54. The van der Waals surface area contributed by atoms with E-state index in [9.17, 15) is 9.59 Å². The molecule has 2 aliphatic heterocycles. The lowest BCUT2D eigenvalue weighted by atomic mass is 9.97. The first-order valence-electron chi connectivity index (χ1n) is 10.7. The normalized spacial score (nSPS) is 19.3. The SMILES string of the molecule is Cc1ccc(C(=O)NCC(=O)N2CCC[C@@H](c3nnc4n3CCCCC4)C2)cc1. The third kappa shape index (κ3) is 4.49. The van der Waals surface area contributed by atoms with Gasteiger partial charge in [0.05, 0.1) is 6.54 Å². The van der Waals surface area contributed by atoms with Gasteiger partial charge in [0.1, 0.15) is 11.6 Å². The summed E-state index contributed by atoms with van der Waals surface area (Å²) < 4.78 is 2.28. The Balaban J connectivity index is 1.36. The zero-order valence-corrected chi connectivity index (χ0v) is 17.1. The van der Waals surface area contributed by atoms with Gasteiger partial charge in [-0.2, -0.15) is 0 Å². The second kappa shape index (κ2) is 8.76. The highest BCUT2D eigenvalue weighted by atomic mass is 16.2. The minimum Gasteiger partial charge on any atom is -0.343 e. The third-order valence-electron chi connectivity index (χ3n) is 5.99. The van der Waals surface area contributed by atoms with Crippen LogP contribution < -0.4 is 5.32 Å². The number of amides is 2. The molecule has 154 valence electrons. The average Bonchev–Trinajstić information content (AvgIpc) is 3.00. The Morgan fingerprint density at radius 1 is 1.07 bits per heavy atom. The zero-order valence-electron chi connectivity index (χ0n) is 17.1. The van der Waals surface area contributed by atoms with Crippen LogP contribution in [0.4, 0.5) is 0 Å². The maximum Gasteiger partial charge on any atom is 0.251 e. The molecular weight excluding hydrogens is 366 g/mol. The molecule has 1 atom stereocenters. The fraction of sp³-hybridized carbons (Fsp3) is 0.545. The second-order valence-corrected chi connectivity index (χ2v) is 8.16. The Kier molecular flexibility index (Phi) is 5.92. The molecule has 2 aromatic rings. The van der Waals surface area contributed by atoms with Crippen LogP contribution in [0.15, 0.2) is 24.3 Å². The van der Waals surface area contributed by atoms with Gasteiger partial charge in [0, 0.05) is 37.5 Å². The van der Waals surface area contributed by atoms with E-state index < -0.39 is 0 Å². The minimum atomic E-state index is -0.213. The van der Waals surface area contributed by atoms with E-state index in [1.165, 1.54) is 19.3 Å². The summed E-state index contributed by atoms with van der Waals surface area (Å²) in [5, 5.41) is 11.7. The van der Waals surface area contributed by atoms with Crippen molar-refractivity contribution in [1.82, 2.24) is 25.0 Å². The molecule has 29 heavy (non-hydrogen) atoms. The molecule has 1 fully saturated rings. The predicted molar refractivity (Wildman–Crippen MR) is 110 cm³/mol. The molecule has 1 aromatic carbocycles. The molecule has 7 nitrogen and oxygen atoms in total. The van der Waals surface area contributed by atoms with Crippen LogP contribution in [0.5, 0.6) is 0 Å². The van der Waals surface area contributed by atoms with Crippen molar-refractivity contribution in [2.45, 2.75) is 57.9 Å². The van der Waals surface area contributed by atoms with Gasteiger partial charge < -0.3 is 14.8 Å². The van der Waals surface area contributed by atoms with Crippen molar-refractivity contribution in [3.8, 4) is 0 Å².